The molecule has 1 rings (SSSR count). The van der Waals surface area contributed by atoms with Gasteiger partial charge in [0.2, 0.25) is 11.8 Å². The van der Waals surface area contributed by atoms with Gasteiger partial charge < -0.3 is 19.9 Å². The van der Waals surface area contributed by atoms with Crippen LogP contribution in [0, 0.1) is 0 Å². The Kier molecular flexibility index (Phi) is 7.91. The van der Waals surface area contributed by atoms with E-state index in [-0.39, 0.29) is 18.2 Å². The highest BCUT2D eigenvalue weighted by Gasteiger charge is 2.12. The first-order valence-corrected chi connectivity index (χ1v) is 7.72. The maximum absolute atomic E-state index is 12.1. The zero-order valence-corrected chi connectivity index (χ0v) is 14.7. The van der Waals surface area contributed by atoms with Gasteiger partial charge in [-0.3, -0.25) is 9.59 Å². The van der Waals surface area contributed by atoms with Gasteiger partial charge in [-0.1, -0.05) is 6.07 Å². The normalized spacial score (nSPS) is 10.4. The van der Waals surface area contributed by atoms with Crippen LogP contribution in [0.3, 0.4) is 0 Å². The number of esters is 1. The third-order valence-corrected chi connectivity index (χ3v) is 3.44. The third-order valence-electron chi connectivity index (χ3n) is 3.44. The molecular weight excluding hydrogens is 310 g/mol. The number of likely N-dealkylation sites (N-methyl/N-ethyl adjacent to an activating group) is 1. The van der Waals surface area contributed by atoms with E-state index in [1.54, 1.807) is 29.2 Å². The largest absolute Gasteiger partial charge is 0.465 e. The summed E-state index contributed by atoms with van der Waals surface area (Å²) in [5.41, 5.74) is 0.886. The molecule has 24 heavy (non-hydrogen) atoms. The second-order valence-corrected chi connectivity index (χ2v) is 5.68. The lowest BCUT2D eigenvalue weighted by molar-refractivity contribution is -0.129. The number of methoxy groups -OCH3 is 1. The van der Waals surface area contributed by atoms with Gasteiger partial charge in [0.1, 0.15) is 0 Å². The van der Waals surface area contributed by atoms with Crippen LogP contribution in [-0.4, -0.2) is 68.4 Å². The van der Waals surface area contributed by atoms with Gasteiger partial charge >= 0.3 is 5.97 Å². The minimum absolute atomic E-state index is 0.0580. The fourth-order valence-electron chi connectivity index (χ4n) is 2.05. The molecule has 0 aliphatic carbocycles. The van der Waals surface area contributed by atoms with E-state index < -0.39 is 5.97 Å². The monoisotopic (exact) mass is 335 g/mol. The predicted molar refractivity (Wildman–Crippen MR) is 91.8 cm³/mol. The summed E-state index contributed by atoms with van der Waals surface area (Å²) in [7, 11) is 5.16. The van der Waals surface area contributed by atoms with Crippen LogP contribution in [-0.2, 0) is 14.3 Å². The minimum Gasteiger partial charge on any atom is -0.465 e. The Morgan fingerprint density at radius 3 is 2.42 bits per heavy atom. The van der Waals surface area contributed by atoms with Crippen LogP contribution in [0.25, 0.3) is 0 Å². The molecule has 0 saturated heterocycles. The number of hydrogen-bond donors (Lipinski definition) is 1. The molecule has 0 aliphatic heterocycles. The average Bonchev–Trinajstić information content (AvgIpc) is 2.53. The van der Waals surface area contributed by atoms with E-state index in [0.717, 1.165) is 6.54 Å². The Hall–Kier alpha value is -2.41. The maximum Gasteiger partial charge on any atom is 0.337 e. The first-order valence-electron chi connectivity index (χ1n) is 7.72. The Morgan fingerprint density at radius 1 is 1.12 bits per heavy atom. The zero-order valence-electron chi connectivity index (χ0n) is 14.7. The summed E-state index contributed by atoms with van der Waals surface area (Å²) < 4.78 is 4.65. The summed E-state index contributed by atoms with van der Waals surface area (Å²) in [4.78, 5) is 38.8. The Labute approximate surface area is 142 Å². The number of nitrogens with one attached hydrogen (secondary N) is 1. The third kappa shape index (κ3) is 6.78. The molecule has 0 saturated carbocycles. The Bertz CT molecular complexity index is 587. The van der Waals surface area contributed by atoms with E-state index in [1.807, 2.05) is 19.0 Å². The highest BCUT2D eigenvalue weighted by Crippen LogP contribution is 2.12. The number of nitrogens with zero attached hydrogens (tertiary/aromatic N) is 2. The number of carbonyl (C=O) groups is 3. The number of ether oxygens (including phenoxy) is 1. The van der Waals surface area contributed by atoms with E-state index in [4.69, 9.17) is 0 Å². The van der Waals surface area contributed by atoms with Crippen molar-refractivity contribution in [2.45, 2.75) is 13.3 Å². The lowest BCUT2D eigenvalue weighted by Crippen LogP contribution is -2.37. The summed E-state index contributed by atoms with van der Waals surface area (Å²) >= 11 is 0. The average molecular weight is 335 g/mol. The van der Waals surface area contributed by atoms with E-state index >= 15 is 0 Å². The van der Waals surface area contributed by atoms with Gasteiger partial charge in [-0.25, -0.2) is 4.79 Å². The molecule has 0 bridgehead atoms. The van der Waals surface area contributed by atoms with Gasteiger partial charge in [-0.2, -0.15) is 0 Å². The lowest BCUT2D eigenvalue weighted by Gasteiger charge is -2.22. The quantitative estimate of drug-likeness (QED) is 0.723. The Morgan fingerprint density at radius 2 is 1.83 bits per heavy atom. The number of anilines is 1. The van der Waals surface area contributed by atoms with Crippen molar-refractivity contribution < 1.29 is 19.1 Å². The zero-order chi connectivity index (χ0) is 18.1. The minimum atomic E-state index is -0.461. The van der Waals surface area contributed by atoms with Crippen molar-refractivity contribution in [2.75, 3.05) is 46.2 Å². The van der Waals surface area contributed by atoms with Crippen molar-refractivity contribution in [3.63, 3.8) is 0 Å². The Balaban J connectivity index is 2.56. The molecule has 132 valence electrons. The summed E-state index contributed by atoms with van der Waals surface area (Å²) in [6, 6.07) is 6.53. The van der Waals surface area contributed by atoms with Crippen LogP contribution in [0.2, 0.25) is 0 Å². The molecule has 1 aromatic rings. The lowest BCUT2D eigenvalue weighted by atomic mass is 10.2. The van der Waals surface area contributed by atoms with Crippen molar-refractivity contribution in [3.05, 3.63) is 29.8 Å². The van der Waals surface area contributed by atoms with Crippen LogP contribution >= 0.6 is 0 Å². The van der Waals surface area contributed by atoms with Gasteiger partial charge in [-0.05, 0) is 32.3 Å². The first kappa shape index (κ1) is 19.6. The molecule has 1 aromatic carbocycles. The van der Waals surface area contributed by atoms with E-state index in [0.29, 0.717) is 24.3 Å². The van der Waals surface area contributed by atoms with Crippen LogP contribution < -0.4 is 5.32 Å². The standard InChI is InChI=1S/C17H25N3O4/c1-13(21)20(11-10-19(2)3)9-8-16(22)18-15-7-5-6-14(12-15)17(23)24-4/h5-7,12H,8-11H2,1-4H3,(H,18,22). The SMILES string of the molecule is COC(=O)c1cccc(NC(=O)CCN(CCN(C)C)C(C)=O)c1. The van der Waals surface area contributed by atoms with E-state index in [1.165, 1.54) is 14.0 Å². The van der Waals surface area contributed by atoms with Gasteiger partial charge in [0, 0.05) is 38.7 Å². The molecular formula is C17H25N3O4. The van der Waals surface area contributed by atoms with Crippen molar-refractivity contribution in [3.8, 4) is 0 Å². The topological polar surface area (TPSA) is 79.0 Å². The number of hydrogen-bond acceptors (Lipinski definition) is 5. The first-order chi connectivity index (χ1) is 11.3. The van der Waals surface area contributed by atoms with Crippen molar-refractivity contribution in [1.29, 1.82) is 0 Å². The van der Waals surface area contributed by atoms with Crippen LogP contribution in [0.4, 0.5) is 5.69 Å². The molecule has 0 heterocycles. The van der Waals surface area contributed by atoms with E-state index in [2.05, 4.69) is 10.1 Å². The predicted octanol–water partition coefficient (Wildman–Crippen LogP) is 1.21. The number of rotatable bonds is 8. The molecule has 2 amide bonds. The highest BCUT2D eigenvalue weighted by molar-refractivity contribution is 5.94. The number of carbonyl (C=O) groups excluding carboxylic acids is 3. The molecule has 0 aliphatic rings. The molecule has 0 fully saturated rings. The summed E-state index contributed by atoms with van der Waals surface area (Å²) in [6.45, 7) is 3.16. The van der Waals surface area contributed by atoms with Crippen LogP contribution in [0.5, 0.6) is 0 Å². The van der Waals surface area contributed by atoms with E-state index in [9.17, 15) is 14.4 Å². The summed E-state index contributed by atoms with van der Waals surface area (Å²) in [5.74, 6) is -0.733. The fraction of sp³-hybridized carbons (Fsp3) is 0.471. The van der Waals surface area contributed by atoms with Crippen LogP contribution in [0.15, 0.2) is 24.3 Å². The fourth-order valence-corrected chi connectivity index (χ4v) is 2.05. The summed E-state index contributed by atoms with van der Waals surface area (Å²) in [5, 5.41) is 2.73. The molecule has 0 aromatic heterocycles. The number of amides is 2. The molecule has 7 nitrogen and oxygen atoms in total. The second-order valence-electron chi connectivity index (χ2n) is 5.68. The smallest absolute Gasteiger partial charge is 0.337 e. The van der Waals surface area contributed by atoms with Crippen molar-refractivity contribution in [2.24, 2.45) is 0 Å². The summed E-state index contributed by atoms with van der Waals surface area (Å²) in [6.07, 6.45) is 0.190. The molecule has 0 radical (unpaired) electrons. The molecule has 0 unspecified atom stereocenters. The van der Waals surface area contributed by atoms with Crippen molar-refractivity contribution >= 4 is 23.5 Å². The maximum atomic E-state index is 12.1. The molecule has 1 N–H and O–H groups in total. The number of benzene rings is 1. The highest BCUT2D eigenvalue weighted by atomic mass is 16.5. The van der Waals surface area contributed by atoms with Crippen LogP contribution in [0.1, 0.15) is 23.7 Å². The van der Waals surface area contributed by atoms with Gasteiger partial charge in [0.15, 0.2) is 0 Å². The van der Waals surface area contributed by atoms with Gasteiger partial charge in [-0.15, -0.1) is 0 Å². The molecule has 0 atom stereocenters. The van der Waals surface area contributed by atoms with Gasteiger partial charge in [0.05, 0.1) is 12.7 Å². The molecule has 7 heteroatoms. The molecule has 0 spiro atoms. The van der Waals surface area contributed by atoms with Gasteiger partial charge in [0.25, 0.3) is 0 Å². The second kappa shape index (κ2) is 9.67. The van der Waals surface area contributed by atoms with Crippen molar-refractivity contribution in [1.82, 2.24) is 9.80 Å².